The number of halogens is 1. The Balaban J connectivity index is 0.000000172. The van der Waals surface area contributed by atoms with Gasteiger partial charge in [-0.2, -0.15) is 5.26 Å². The summed E-state index contributed by atoms with van der Waals surface area (Å²) in [5.41, 5.74) is 1.38. The summed E-state index contributed by atoms with van der Waals surface area (Å²) < 4.78 is 0. The van der Waals surface area contributed by atoms with Crippen molar-refractivity contribution in [3.63, 3.8) is 0 Å². The number of hydrogen-bond donors (Lipinski definition) is 2. The zero-order valence-electron chi connectivity index (χ0n) is 33.0. The van der Waals surface area contributed by atoms with Crippen molar-refractivity contribution >= 4 is 28.8 Å². The molecule has 0 bridgehead atoms. The monoisotopic (exact) mass is 742 g/mol. The SMILES string of the molecule is C1CCC2(CC1)CCNCC2.CC(C)CC(NC(=O)N1CCC2(CCCCC2)CC1)C(=O)CC1(C#N)CC1.O=C(Cl)N1CCC2(CCCCC2)CC1. The van der Waals surface area contributed by atoms with E-state index in [1.165, 1.54) is 135 Å². The summed E-state index contributed by atoms with van der Waals surface area (Å²) >= 11 is 5.47. The first-order chi connectivity index (χ1) is 25.0. The molecule has 8 nitrogen and oxygen atoms in total. The van der Waals surface area contributed by atoms with Crippen LogP contribution in [0.1, 0.15) is 174 Å². The zero-order valence-corrected chi connectivity index (χ0v) is 33.8. The molecule has 294 valence electrons. The van der Waals surface area contributed by atoms with E-state index in [0.717, 1.165) is 57.3 Å². The van der Waals surface area contributed by atoms with Gasteiger partial charge in [0, 0.05) is 32.6 Å². The Morgan fingerprint density at radius 1 is 0.654 bits per heavy atom. The Labute approximate surface area is 321 Å². The summed E-state index contributed by atoms with van der Waals surface area (Å²) in [6.07, 6.45) is 31.1. The molecule has 4 aliphatic carbocycles. The maximum Gasteiger partial charge on any atom is 0.317 e. The Bertz CT molecular complexity index is 1160. The van der Waals surface area contributed by atoms with Crippen LogP contribution in [0.15, 0.2) is 0 Å². The van der Waals surface area contributed by atoms with Crippen LogP contribution >= 0.6 is 11.6 Å². The number of rotatable bonds is 6. The quantitative estimate of drug-likeness (QED) is 0.208. The maximum atomic E-state index is 12.8. The molecule has 1 unspecified atom stereocenters. The van der Waals surface area contributed by atoms with Crippen molar-refractivity contribution in [3.8, 4) is 6.07 Å². The van der Waals surface area contributed by atoms with Gasteiger partial charge in [-0.25, -0.2) is 4.79 Å². The molecule has 7 fully saturated rings. The van der Waals surface area contributed by atoms with Crippen LogP contribution in [0.3, 0.4) is 0 Å². The van der Waals surface area contributed by atoms with Gasteiger partial charge in [0.1, 0.15) is 0 Å². The molecular formula is C43H72ClN5O3. The van der Waals surface area contributed by atoms with Gasteiger partial charge >= 0.3 is 11.4 Å². The Kier molecular flexibility index (Phi) is 15.2. The number of piperidine rings is 3. The van der Waals surface area contributed by atoms with Crippen LogP contribution < -0.4 is 10.6 Å². The number of urea groups is 1. The van der Waals surface area contributed by atoms with Crippen molar-refractivity contribution in [3.05, 3.63) is 0 Å². The maximum absolute atomic E-state index is 12.8. The smallest absolute Gasteiger partial charge is 0.317 e. The summed E-state index contributed by atoms with van der Waals surface area (Å²) in [5.74, 6) is 0.347. The largest absolute Gasteiger partial charge is 0.329 e. The Morgan fingerprint density at radius 3 is 1.46 bits per heavy atom. The molecule has 52 heavy (non-hydrogen) atoms. The third kappa shape index (κ3) is 11.8. The summed E-state index contributed by atoms with van der Waals surface area (Å²) in [5, 5.41) is 15.5. The second-order valence-electron chi connectivity index (χ2n) is 18.8. The topological polar surface area (TPSA) is 106 Å². The predicted molar refractivity (Wildman–Crippen MR) is 210 cm³/mol. The van der Waals surface area contributed by atoms with Gasteiger partial charge in [-0.15, -0.1) is 0 Å². The fourth-order valence-electron chi connectivity index (χ4n) is 10.6. The summed E-state index contributed by atoms with van der Waals surface area (Å²) in [4.78, 5) is 40.2. The lowest BCUT2D eigenvalue weighted by molar-refractivity contribution is -0.122. The van der Waals surface area contributed by atoms with Crippen LogP contribution in [0, 0.1) is 38.9 Å². The van der Waals surface area contributed by atoms with Crippen molar-refractivity contribution < 1.29 is 14.4 Å². The number of likely N-dealkylation sites (tertiary alicyclic amines) is 2. The van der Waals surface area contributed by atoms with Gasteiger partial charge in [-0.3, -0.25) is 9.59 Å². The van der Waals surface area contributed by atoms with Crippen LogP contribution in [0.5, 0.6) is 0 Å². The molecule has 3 aliphatic heterocycles. The van der Waals surface area contributed by atoms with Crippen LogP contribution in [0.4, 0.5) is 9.59 Å². The van der Waals surface area contributed by atoms with Crippen LogP contribution in [-0.4, -0.2) is 72.3 Å². The van der Waals surface area contributed by atoms with Crippen LogP contribution in [0.25, 0.3) is 0 Å². The molecule has 1 atom stereocenters. The van der Waals surface area contributed by atoms with E-state index in [2.05, 4.69) is 30.6 Å². The molecule has 3 heterocycles. The minimum Gasteiger partial charge on any atom is -0.329 e. The summed E-state index contributed by atoms with van der Waals surface area (Å²) in [6, 6.07) is 1.74. The van der Waals surface area contributed by atoms with Gasteiger partial charge in [-0.1, -0.05) is 71.6 Å². The van der Waals surface area contributed by atoms with E-state index >= 15 is 0 Å². The van der Waals surface area contributed by atoms with E-state index in [1.807, 2.05) is 4.90 Å². The van der Waals surface area contributed by atoms with Gasteiger partial charge in [0.2, 0.25) is 0 Å². The average Bonchev–Trinajstić information content (AvgIpc) is 3.93. The Morgan fingerprint density at radius 2 is 1.08 bits per heavy atom. The normalized spacial score (nSPS) is 26.2. The molecule has 9 heteroatoms. The highest BCUT2D eigenvalue weighted by atomic mass is 35.5. The van der Waals surface area contributed by atoms with E-state index < -0.39 is 11.5 Å². The molecule has 3 saturated heterocycles. The molecule has 2 N–H and O–H groups in total. The number of amides is 3. The number of carbonyl (C=O) groups is 3. The second-order valence-corrected chi connectivity index (χ2v) is 19.1. The standard InChI is InChI=1S/C22H35N3O2.C11H18ClNO.C10H19N/c1-17(2)14-18(19(26)15-22(16-23)8-9-22)24-20(27)25-12-10-21(11-13-25)6-4-3-5-7-21;12-10(14)13-8-6-11(7-9-13)4-2-1-3-5-11;1-2-4-10(5-3-1)6-8-11-9-7-10/h17-18H,3-15H2,1-2H3,(H,24,27);1-9H2;11H,1-9H2. The third-order valence-electron chi connectivity index (χ3n) is 14.6. The molecule has 4 saturated carbocycles. The first kappa shape index (κ1) is 41.3. The number of carbonyl (C=O) groups excluding carboxylic acids is 3. The van der Waals surface area contributed by atoms with Gasteiger partial charge < -0.3 is 20.4 Å². The van der Waals surface area contributed by atoms with Crippen molar-refractivity contribution in [2.24, 2.45) is 27.6 Å². The van der Waals surface area contributed by atoms with Crippen molar-refractivity contribution in [1.82, 2.24) is 20.4 Å². The first-order valence-electron chi connectivity index (χ1n) is 21.6. The van der Waals surface area contributed by atoms with Crippen LogP contribution in [0.2, 0.25) is 0 Å². The highest BCUT2D eigenvalue weighted by molar-refractivity contribution is 6.62. The van der Waals surface area contributed by atoms with Crippen LogP contribution in [-0.2, 0) is 4.79 Å². The number of nitrogens with zero attached hydrogens (tertiary/aromatic N) is 3. The van der Waals surface area contributed by atoms with Gasteiger partial charge in [0.05, 0.1) is 17.5 Å². The van der Waals surface area contributed by atoms with Crippen molar-refractivity contribution in [2.75, 3.05) is 39.3 Å². The number of nitriles is 1. The lowest BCUT2D eigenvalue weighted by atomic mass is 9.68. The van der Waals surface area contributed by atoms with E-state index in [1.54, 1.807) is 4.90 Å². The molecule has 0 aromatic heterocycles. The Hall–Kier alpha value is -1.85. The second kappa shape index (κ2) is 19.1. The molecule has 0 aromatic carbocycles. The van der Waals surface area contributed by atoms with E-state index in [0.29, 0.717) is 23.2 Å². The third-order valence-corrected chi connectivity index (χ3v) is 14.8. The lowest BCUT2D eigenvalue weighted by Gasteiger charge is -2.44. The molecule has 0 radical (unpaired) electrons. The number of Topliss-reactive ketones (excluding diaryl/α,β-unsaturated/α-hetero) is 1. The predicted octanol–water partition coefficient (Wildman–Crippen LogP) is 10.1. The number of ketones is 1. The van der Waals surface area contributed by atoms with E-state index in [4.69, 9.17) is 11.6 Å². The fraction of sp³-hybridized carbons (Fsp3) is 0.907. The minimum absolute atomic E-state index is 0.0249. The van der Waals surface area contributed by atoms with Gasteiger partial charge in [0.25, 0.3) is 0 Å². The van der Waals surface area contributed by atoms with E-state index in [9.17, 15) is 19.6 Å². The first-order valence-corrected chi connectivity index (χ1v) is 22.0. The fourth-order valence-corrected chi connectivity index (χ4v) is 10.8. The minimum atomic E-state index is -0.464. The highest BCUT2D eigenvalue weighted by Gasteiger charge is 2.46. The molecular weight excluding hydrogens is 670 g/mol. The molecule has 0 aromatic rings. The average molecular weight is 743 g/mol. The van der Waals surface area contributed by atoms with Gasteiger partial charge in [0.15, 0.2) is 5.78 Å². The lowest BCUT2D eigenvalue weighted by Crippen LogP contribution is -2.52. The molecule has 3 amide bonds. The molecule has 3 spiro atoms. The summed E-state index contributed by atoms with van der Waals surface area (Å²) in [7, 11) is 0. The number of nitrogens with one attached hydrogen (secondary N) is 2. The zero-order chi connectivity index (χ0) is 37.1. The molecule has 7 rings (SSSR count). The highest BCUT2D eigenvalue weighted by Crippen LogP contribution is 2.49. The number of hydrogen-bond acceptors (Lipinski definition) is 5. The van der Waals surface area contributed by atoms with Gasteiger partial charge in [-0.05, 0) is 143 Å². The van der Waals surface area contributed by atoms with Crippen molar-refractivity contribution in [1.29, 1.82) is 5.26 Å². The molecule has 7 aliphatic rings. The van der Waals surface area contributed by atoms with Crippen molar-refractivity contribution in [2.45, 2.75) is 180 Å². The van der Waals surface area contributed by atoms with E-state index in [-0.39, 0.29) is 23.6 Å². The summed E-state index contributed by atoms with van der Waals surface area (Å²) in [6.45, 7) is 10.0.